The van der Waals surface area contributed by atoms with E-state index in [1.54, 1.807) is 10.9 Å². The topological polar surface area (TPSA) is 96.7 Å². The van der Waals surface area contributed by atoms with E-state index in [-0.39, 0.29) is 11.5 Å². The Kier molecular flexibility index (Phi) is 3.53. The van der Waals surface area contributed by atoms with Crippen LogP contribution in [-0.4, -0.2) is 15.6 Å². The number of nitrogens with zero attached hydrogens (tertiary/aromatic N) is 3. The minimum absolute atomic E-state index is 0.131. The molecule has 0 saturated carbocycles. The zero-order chi connectivity index (χ0) is 14.0. The van der Waals surface area contributed by atoms with Crippen LogP contribution in [-0.2, 0) is 13.6 Å². The smallest absolute Gasteiger partial charge is 0.171 e. The summed E-state index contributed by atoms with van der Waals surface area (Å²) in [5.74, 6) is -0.131. The van der Waals surface area contributed by atoms with Crippen LogP contribution < -0.4 is 11.1 Å². The first kappa shape index (κ1) is 13.1. The van der Waals surface area contributed by atoms with Crippen molar-refractivity contribution < 1.29 is 4.79 Å². The van der Waals surface area contributed by atoms with Crippen molar-refractivity contribution in [3.63, 3.8) is 0 Å². The summed E-state index contributed by atoms with van der Waals surface area (Å²) < 4.78 is 1.70. The number of nitriles is 1. The van der Waals surface area contributed by atoms with Gasteiger partial charge in [-0.05, 0) is 0 Å². The minimum atomic E-state index is -0.131. The van der Waals surface area contributed by atoms with Gasteiger partial charge in [0.15, 0.2) is 5.78 Å². The van der Waals surface area contributed by atoms with E-state index >= 15 is 0 Å². The lowest BCUT2D eigenvalue weighted by molar-refractivity contribution is 0.102. The summed E-state index contributed by atoms with van der Waals surface area (Å²) in [5.41, 5.74) is 7.38. The van der Waals surface area contributed by atoms with Crippen LogP contribution in [0.15, 0.2) is 12.4 Å². The molecule has 2 aromatic rings. The van der Waals surface area contributed by atoms with Crippen molar-refractivity contribution in [1.82, 2.24) is 9.78 Å². The highest BCUT2D eigenvalue weighted by atomic mass is 32.1. The molecule has 0 aromatic carbocycles. The SMILES string of the molecule is CC(=O)c1sc(NCc2cnn(C)c2)c(C#N)c1N. The van der Waals surface area contributed by atoms with E-state index < -0.39 is 0 Å². The fraction of sp³-hybridized carbons (Fsp3) is 0.250. The van der Waals surface area contributed by atoms with Gasteiger partial charge in [0.05, 0.1) is 16.8 Å². The van der Waals surface area contributed by atoms with E-state index in [9.17, 15) is 4.79 Å². The van der Waals surface area contributed by atoms with E-state index in [4.69, 9.17) is 11.0 Å². The monoisotopic (exact) mass is 275 g/mol. The molecule has 0 amide bonds. The van der Waals surface area contributed by atoms with E-state index in [0.29, 0.717) is 22.0 Å². The number of hydrogen-bond acceptors (Lipinski definition) is 6. The molecule has 3 N–H and O–H groups in total. The maximum atomic E-state index is 11.4. The molecule has 2 heterocycles. The second kappa shape index (κ2) is 5.12. The van der Waals surface area contributed by atoms with Crippen molar-refractivity contribution in [3.8, 4) is 6.07 Å². The number of thiophene rings is 1. The molecular weight excluding hydrogens is 262 g/mol. The third-order valence-electron chi connectivity index (χ3n) is 2.59. The predicted octanol–water partition coefficient (Wildman–Crippen LogP) is 1.75. The van der Waals surface area contributed by atoms with Crippen LogP contribution in [0.3, 0.4) is 0 Å². The van der Waals surface area contributed by atoms with Gasteiger partial charge in [0, 0.05) is 32.3 Å². The summed E-state index contributed by atoms with van der Waals surface area (Å²) in [6.07, 6.45) is 3.61. The first-order chi connectivity index (χ1) is 9.02. The number of rotatable bonds is 4. The fourth-order valence-electron chi connectivity index (χ4n) is 1.69. The average molecular weight is 275 g/mol. The first-order valence-electron chi connectivity index (χ1n) is 5.57. The summed E-state index contributed by atoms with van der Waals surface area (Å²) in [5, 5.41) is 16.9. The van der Waals surface area contributed by atoms with Gasteiger partial charge in [-0.2, -0.15) is 10.4 Å². The molecular formula is C12H13N5OS. The van der Waals surface area contributed by atoms with Crippen molar-refractivity contribution in [2.24, 2.45) is 7.05 Å². The molecule has 7 heteroatoms. The molecule has 0 fully saturated rings. The van der Waals surface area contributed by atoms with Gasteiger partial charge in [-0.1, -0.05) is 0 Å². The standard InChI is InChI=1S/C12H13N5OS/c1-7(18)11-10(14)9(3-13)12(19-11)15-4-8-5-16-17(2)6-8/h5-6,15H,4,14H2,1-2H3. The van der Waals surface area contributed by atoms with Crippen molar-refractivity contribution in [2.75, 3.05) is 11.1 Å². The Morgan fingerprint density at radius 2 is 2.42 bits per heavy atom. The highest BCUT2D eigenvalue weighted by molar-refractivity contribution is 7.18. The molecule has 0 radical (unpaired) electrons. The Labute approximate surface area is 114 Å². The minimum Gasteiger partial charge on any atom is -0.396 e. The molecule has 0 aliphatic rings. The quantitative estimate of drug-likeness (QED) is 0.828. The number of hydrogen-bond donors (Lipinski definition) is 2. The van der Waals surface area contributed by atoms with Gasteiger partial charge in [0.1, 0.15) is 16.6 Å². The largest absolute Gasteiger partial charge is 0.396 e. The summed E-state index contributed by atoms with van der Waals surface area (Å²) in [6, 6.07) is 2.03. The molecule has 98 valence electrons. The zero-order valence-electron chi connectivity index (χ0n) is 10.6. The van der Waals surface area contributed by atoms with Gasteiger partial charge in [0.2, 0.25) is 0 Å². The van der Waals surface area contributed by atoms with E-state index in [1.807, 2.05) is 19.3 Å². The molecule has 6 nitrogen and oxygen atoms in total. The van der Waals surface area contributed by atoms with Crippen LogP contribution in [0, 0.1) is 11.3 Å². The highest BCUT2D eigenvalue weighted by Crippen LogP contribution is 2.35. The molecule has 0 atom stereocenters. The van der Waals surface area contributed by atoms with Gasteiger partial charge in [-0.15, -0.1) is 11.3 Å². The third-order valence-corrected chi connectivity index (χ3v) is 3.85. The number of Topliss-reactive ketones (excluding diaryl/α,β-unsaturated/α-hetero) is 1. The first-order valence-corrected chi connectivity index (χ1v) is 6.39. The molecule has 0 bridgehead atoms. The summed E-state index contributed by atoms with van der Waals surface area (Å²) in [7, 11) is 1.83. The van der Waals surface area contributed by atoms with Crippen LogP contribution in [0.5, 0.6) is 0 Å². The summed E-state index contributed by atoms with van der Waals surface area (Å²) in [6.45, 7) is 1.97. The highest BCUT2D eigenvalue weighted by Gasteiger charge is 2.18. The number of nitrogens with one attached hydrogen (secondary N) is 1. The molecule has 0 aliphatic carbocycles. The zero-order valence-corrected chi connectivity index (χ0v) is 11.4. The summed E-state index contributed by atoms with van der Waals surface area (Å²) >= 11 is 1.21. The Bertz CT molecular complexity index is 664. The number of nitrogens with two attached hydrogens (primary N) is 1. The molecule has 2 rings (SSSR count). The predicted molar refractivity (Wildman–Crippen MR) is 74.0 cm³/mol. The number of carbonyl (C=O) groups excluding carboxylic acids is 1. The molecule has 0 spiro atoms. The van der Waals surface area contributed by atoms with Crippen LogP contribution in [0.1, 0.15) is 27.7 Å². The maximum Gasteiger partial charge on any atom is 0.171 e. The lowest BCUT2D eigenvalue weighted by Crippen LogP contribution is -1.99. The second-order valence-electron chi connectivity index (χ2n) is 4.09. The molecule has 0 saturated heterocycles. The second-order valence-corrected chi connectivity index (χ2v) is 5.11. The van der Waals surface area contributed by atoms with Crippen LogP contribution in [0.25, 0.3) is 0 Å². The van der Waals surface area contributed by atoms with Gasteiger partial charge >= 0.3 is 0 Å². The third kappa shape index (κ3) is 2.58. The van der Waals surface area contributed by atoms with Crippen LogP contribution in [0.4, 0.5) is 10.7 Å². The average Bonchev–Trinajstić information content (AvgIpc) is 2.90. The normalized spacial score (nSPS) is 10.2. The molecule has 2 aromatic heterocycles. The number of ketones is 1. The van der Waals surface area contributed by atoms with Gasteiger partial charge < -0.3 is 11.1 Å². The van der Waals surface area contributed by atoms with Gasteiger partial charge in [-0.3, -0.25) is 9.48 Å². The molecule has 19 heavy (non-hydrogen) atoms. The van der Waals surface area contributed by atoms with Gasteiger partial charge in [0.25, 0.3) is 0 Å². The van der Waals surface area contributed by atoms with Crippen molar-refractivity contribution >= 4 is 27.8 Å². The fourth-order valence-corrected chi connectivity index (χ4v) is 2.65. The van der Waals surface area contributed by atoms with Crippen LogP contribution in [0.2, 0.25) is 0 Å². The molecule has 0 unspecified atom stereocenters. The Morgan fingerprint density at radius 1 is 1.68 bits per heavy atom. The maximum absolute atomic E-state index is 11.4. The van der Waals surface area contributed by atoms with E-state index in [2.05, 4.69) is 10.4 Å². The Balaban J connectivity index is 2.23. The summed E-state index contributed by atoms with van der Waals surface area (Å²) in [4.78, 5) is 11.8. The lowest BCUT2D eigenvalue weighted by Gasteiger charge is -2.01. The van der Waals surface area contributed by atoms with Crippen molar-refractivity contribution in [2.45, 2.75) is 13.5 Å². The number of aromatic nitrogens is 2. The molecule has 0 aliphatic heterocycles. The van der Waals surface area contributed by atoms with Gasteiger partial charge in [-0.25, -0.2) is 0 Å². The van der Waals surface area contributed by atoms with Crippen molar-refractivity contribution in [1.29, 1.82) is 5.26 Å². The number of nitrogen functional groups attached to an aromatic ring is 1. The van der Waals surface area contributed by atoms with E-state index in [1.165, 1.54) is 18.3 Å². The number of anilines is 2. The Morgan fingerprint density at radius 3 is 2.95 bits per heavy atom. The van der Waals surface area contributed by atoms with Crippen molar-refractivity contribution in [3.05, 3.63) is 28.4 Å². The Hall–Kier alpha value is -2.33. The van der Waals surface area contributed by atoms with Crippen LogP contribution >= 0.6 is 11.3 Å². The number of aryl methyl sites for hydroxylation is 1. The van der Waals surface area contributed by atoms with E-state index in [0.717, 1.165) is 5.56 Å². The lowest BCUT2D eigenvalue weighted by atomic mass is 10.2. The number of carbonyl (C=O) groups is 1.